The fourth-order valence-corrected chi connectivity index (χ4v) is 2.66. The Morgan fingerprint density at radius 3 is 2.27 bits per heavy atom. The van der Waals surface area contributed by atoms with Crippen LogP contribution in [0.15, 0.2) is 36.4 Å². The van der Waals surface area contributed by atoms with Crippen LogP contribution in [0.5, 0.6) is 5.88 Å². The van der Waals surface area contributed by atoms with Gasteiger partial charge < -0.3 is 10.1 Å². The van der Waals surface area contributed by atoms with Crippen LogP contribution < -0.4 is 10.1 Å². The number of aromatic nitrogens is 2. The van der Waals surface area contributed by atoms with E-state index in [0.29, 0.717) is 11.2 Å². The number of aryl methyl sites for hydroxylation is 3. The highest BCUT2D eigenvalue weighted by atomic mass is 16.5. The van der Waals surface area contributed by atoms with Gasteiger partial charge in [-0.25, -0.2) is 9.97 Å². The van der Waals surface area contributed by atoms with E-state index in [1.54, 1.807) is 0 Å². The van der Waals surface area contributed by atoms with Gasteiger partial charge in [0.25, 0.3) is 5.91 Å². The Kier molecular flexibility index (Phi) is 4.89. The van der Waals surface area contributed by atoms with Crippen LogP contribution in [-0.2, 0) is 0 Å². The highest BCUT2D eigenvalue weighted by Gasteiger charge is 2.19. The van der Waals surface area contributed by atoms with E-state index in [1.807, 2.05) is 71.0 Å². The van der Waals surface area contributed by atoms with E-state index >= 15 is 0 Å². The second-order valence-corrected chi connectivity index (χ2v) is 6.79. The van der Waals surface area contributed by atoms with Gasteiger partial charge in [-0.1, -0.05) is 12.1 Å². The minimum Gasteiger partial charge on any atom is -0.473 e. The lowest BCUT2D eigenvalue weighted by molar-refractivity contribution is 0.101. The second-order valence-electron chi connectivity index (χ2n) is 6.79. The third-order valence-corrected chi connectivity index (χ3v) is 4.09. The Morgan fingerprint density at radius 2 is 1.65 bits per heavy atom. The minimum atomic E-state index is -0.334. The highest BCUT2D eigenvalue weighted by molar-refractivity contribution is 6.05. The van der Waals surface area contributed by atoms with Crippen LogP contribution in [0, 0.1) is 20.8 Å². The maximum atomic E-state index is 12.8. The van der Waals surface area contributed by atoms with Crippen molar-refractivity contribution in [1.82, 2.24) is 9.97 Å². The van der Waals surface area contributed by atoms with E-state index in [4.69, 9.17) is 4.74 Å². The number of benzene rings is 2. The molecule has 1 amide bonds. The summed E-state index contributed by atoms with van der Waals surface area (Å²) in [5, 5.41) is 2.88. The van der Waals surface area contributed by atoms with Gasteiger partial charge in [-0.3, -0.25) is 4.79 Å². The van der Waals surface area contributed by atoms with Crippen molar-refractivity contribution in [3.05, 3.63) is 58.8 Å². The number of carbonyl (C=O) groups is 1. The molecule has 0 bridgehead atoms. The summed E-state index contributed by atoms with van der Waals surface area (Å²) < 4.78 is 5.77. The number of nitrogens with one attached hydrogen (secondary N) is 1. The summed E-state index contributed by atoms with van der Waals surface area (Å²) in [6.07, 6.45) is -0.112. The Morgan fingerprint density at radius 1 is 1.00 bits per heavy atom. The van der Waals surface area contributed by atoms with E-state index in [-0.39, 0.29) is 23.6 Å². The molecule has 1 heterocycles. The summed E-state index contributed by atoms with van der Waals surface area (Å²) in [6.45, 7) is 9.81. The molecular weight excluding hydrogens is 326 g/mol. The Bertz CT molecular complexity index is 980. The number of carbonyl (C=O) groups excluding carboxylic acids is 1. The molecule has 0 spiro atoms. The lowest BCUT2D eigenvalue weighted by Crippen LogP contribution is -2.18. The summed E-state index contributed by atoms with van der Waals surface area (Å²) in [6, 6.07) is 11.5. The van der Waals surface area contributed by atoms with Crippen molar-refractivity contribution in [2.24, 2.45) is 0 Å². The largest absolute Gasteiger partial charge is 0.473 e. The smallest absolute Gasteiger partial charge is 0.279 e. The van der Waals surface area contributed by atoms with Crippen LogP contribution in [-0.4, -0.2) is 22.0 Å². The number of nitrogens with zero attached hydrogens (tertiary/aromatic N) is 2. The summed E-state index contributed by atoms with van der Waals surface area (Å²) in [5.74, 6) is -0.0835. The third kappa shape index (κ3) is 3.82. The summed E-state index contributed by atoms with van der Waals surface area (Å²) in [4.78, 5) is 21.9. The molecule has 0 aliphatic rings. The quantitative estimate of drug-likeness (QED) is 0.748. The predicted molar refractivity (Wildman–Crippen MR) is 104 cm³/mol. The van der Waals surface area contributed by atoms with Gasteiger partial charge in [-0.15, -0.1) is 0 Å². The minimum absolute atomic E-state index is 0.112. The van der Waals surface area contributed by atoms with Gasteiger partial charge in [0.05, 0.1) is 17.1 Å². The zero-order valence-electron chi connectivity index (χ0n) is 15.8. The van der Waals surface area contributed by atoms with Crippen molar-refractivity contribution >= 4 is 22.6 Å². The molecule has 0 saturated carbocycles. The molecule has 0 aliphatic carbocycles. The lowest BCUT2D eigenvalue weighted by atomic mass is 10.1. The van der Waals surface area contributed by atoms with Gasteiger partial charge >= 0.3 is 0 Å². The first-order chi connectivity index (χ1) is 12.3. The molecule has 1 N–H and O–H groups in total. The topological polar surface area (TPSA) is 64.1 Å². The number of hydrogen-bond acceptors (Lipinski definition) is 4. The zero-order valence-corrected chi connectivity index (χ0v) is 15.8. The predicted octanol–water partition coefficient (Wildman–Crippen LogP) is 4.59. The fraction of sp³-hybridized carbons (Fsp3) is 0.286. The SMILES string of the molecule is Cc1cccc(NC(=O)c2nc3cc(C)c(C)cc3nc2OC(C)C)c1. The molecule has 0 saturated heterocycles. The molecule has 3 aromatic rings. The molecule has 1 aromatic heterocycles. The van der Waals surface area contributed by atoms with E-state index in [1.165, 1.54) is 0 Å². The van der Waals surface area contributed by atoms with Gasteiger partial charge in [0.2, 0.25) is 5.88 Å². The van der Waals surface area contributed by atoms with Gasteiger partial charge in [-0.2, -0.15) is 0 Å². The van der Waals surface area contributed by atoms with Crippen LogP contribution >= 0.6 is 0 Å². The van der Waals surface area contributed by atoms with Crippen LogP contribution in [0.1, 0.15) is 41.0 Å². The van der Waals surface area contributed by atoms with Gasteiger partial charge in [0.15, 0.2) is 5.69 Å². The first kappa shape index (κ1) is 17.9. The second kappa shape index (κ2) is 7.12. The average Bonchev–Trinajstić information content (AvgIpc) is 2.55. The number of ether oxygens (including phenoxy) is 1. The van der Waals surface area contributed by atoms with E-state index < -0.39 is 0 Å². The van der Waals surface area contributed by atoms with Crippen LogP contribution in [0.25, 0.3) is 11.0 Å². The maximum Gasteiger partial charge on any atom is 0.279 e. The van der Waals surface area contributed by atoms with E-state index in [9.17, 15) is 4.79 Å². The normalized spacial score (nSPS) is 11.0. The Labute approximate surface area is 153 Å². The van der Waals surface area contributed by atoms with Gasteiger partial charge in [0, 0.05) is 5.69 Å². The zero-order chi connectivity index (χ0) is 18.8. The first-order valence-electron chi connectivity index (χ1n) is 8.67. The molecule has 134 valence electrons. The van der Waals surface area contributed by atoms with Gasteiger partial charge in [0.1, 0.15) is 0 Å². The maximum absolute atomic E-state index is 12.8. The molecule has 2 aromatic carbocycles. The molecule has 0 aliphatic heterocycles. The number of amides is 1. The third-order valence-electron chi connectivity index (χ3n) is 4.09. The number of fused-ring (bicyclic) bond motifs is 1. The lowest BCUT2D eigenvalue weighted by Gasteiger charge is -2.14. The van der Waals surface area contributed by atoms with Crippen molar-refractivity contribution in [3.8, 4) is 5.88 Å². The Hall–Kier alpha value is -2.95. The molecule has 0 atom stereocenters. The van der Waals surface area contributed by atoms with Crippen LogP contribution in [0.2, 0.25) is 0 Å². The standard InChI is InChI=1S/C21H23N3O2/c1-12(2)26-21-19(20(25)22-16-8-6-7-13(3)9-16)23-17-10-14(4)15(5)11-18(17)24-21/h6-12H,1-5H3,(H,22,25). The van der Waals surface area contributed by atoms with E-state index in [2.05, 4.69) is 15.3 Å². The van der Waals surface area contributed by atoms with Crippen molar-refractivity contribution in [1.29, 1.82) is 0 Å². The molecule has 5 nitrogen and oxygen atoms in total. The fourth-order valence-electron chi connectivity index (χ4n) is 2.66. The molecule has 0 fully saturated rings. The monoisotopic (exact) mass is 349 g/mol. The summed E-state index contributed by atoms with van der Waals surface area (Å²) in [7, 11) is 0. The van der Waals surface area contributed by atoms with E-state index in [0.717, 1.165) is 22.2 Å². The molecular formula is C21H23N3O2. The number of anilines is 1. The number of hydrogen-bond donors (Lipinski definition) is 1. The van der Waals surface area contributed by atoms with Crippen LogP contribution in [0.4, 0.5) is 5.69 Å². The molecule has 0 unspecified atom stereocenters. The first-order valence-corrected chi connectivity index (χ1v) is 8.67. The molecule has 5 heteroatoms. The Balaban J connectivity index is 2.06. The van der Waals surface area contributed by atoms with Crippen molar-refractivity contribution < 1.29 is 9.53 Å². The van der Waals surface area contributed by atoms with Crippen molar-refractivity contribution in [2.45, 2.75) is 40.7 Å². The number of rotatable bonds is 4. The summed E-state index contributed by atoms with van der Waals surface area (Å²) in [5.41, 5.74) is 5.60. The van der Waals surface area contributed by atoms with Crippen molar-refractivity contribution in [3.63, 3.8) is 0 Å². The average molecular weight is 349 g/mol. The molecule has 3 rings (SSSR count). The molecule has 26 heavy (non-hydrogen) atoms. The highest BCUT2D eigenvalue weighted by Crippen LogP contribution is 2.24. The van der Waals surface area contributed by atoms with Gasteiger partial charge in [-0.05, 0) is 75.6 Å². The summed E-state index contributed by atoms with van der Waals surface area (Å²) >= 11 is 0. The molecule has 0 radical (unpaired) electrons. The van der Waals surface area contributed by atoms with Crippen LogP contribution in [0.3, 0.4) is 0 Å². The van der Waals surface area contributed by atoms with Crippen molar-refractivity contribution in [2.75, 3.05) is 5.32 Å².